The molecule has 1 unspecified atom stereocenters. The van der Waals surface area contributed by atoms with E-state index in [0.717, 1.165) is 33.9 Å². The van der Waals surface area contributed by atoms with Crippen molar-refractivity contribution < 1.29 is 9.53 Å². The fourth-order valence-electron chi connectivity index (χ4n) is 1.64. The van der Waals surface area contributed by atoms with Crippen LogP contribution in [0.1, 0.15) is 21.7 Å². The number of hydrogen-bond acceptors (Lipinski definition) is 3. The van der Waals surface area contributed by atoms with Gasteiger partial charge in [-0.3, -0.25) is 4.79 Å². The van der Waals surface area contributed by atoms with E-state index in [1.54, 1.807) is 0 Å². The van der Waals surface area contributed by atoms with Gasteiger partial charge in [0.05, 0.1) is 15.3 Å². The first-order valence-electron chi connectivity index (χ1n) is 5.28. The average molecular weight is 304 g/mol. The van der Waals surface area contributed by atoms with Crippen LogP contribution < -0.4 is 5.32 Å². The fraction of sp³-hybridized carbons (Fsp3) is 0.545. The molecule has 1 aromatic heterocycles. The number of rotatable bonds is 3. The molecule has 16 heavy (non-hydrogen) atoms. The summed E-state index contributed by atoms with van der Waals surface area (Å²) in [6.07, 6.45) is 1.05. The van der Waals surface area contributed by atoms with Gasteiger partial charge < -0.3 is 10.1 Å². The first kappa shape index (κ1) is 12.1. The van der Waals surface area contributed by atoms with E-state index in [1.165, 1.54) is 11.3 Å². The van der Waals surface area contributed by atoms with Gasteiger partial charge in [-0.25, -0.2) is 0 Å². The molecule has 1 saturated heterocycles. The van der Waals surface area contributed by atoms with Gasteiger partial charge in [0, 0.05) is 19.1 Å². The van der Waals surface area contributed by atoms with E-state index < -0.39 is 0 Å². The summed E-state index contributed by atoms with van der Waals surface area (Å²) in [6, 6.07) is 1.91. The third-order valence-corrected chi connectivity index (χ3v) is 4.79. The predicted molar refractivity (Wildman–Crippen MR) is 68.0 cm³/mol. The molecule has 0 saturated carbocycles. The Kier molecular flexibility index (Phi) is 4.00. The van der Waals surface area contributed by atoms with Crippen LogP contribution >= 0.6 is 27.3 Å². The maximum absolute atomic E-state index is 11.8. The maximum atomic E-state index is 11.8. The Bertz CT molecular complexity index is 366. The summed E-state index contributed by atoms with van der Waals surface area (Å²) < 4.78 is 6.29. The monoisotopic (exact) mass is 303 g/mol. The molecule has 3 nitrogen and oxygen atoms in total. The lowest BCUT2D eigenvalue weighted by atomic mass is 10.1. The summed E-state index contributed by atoms with van der Waals surface area (Å²) in [5.41, 5.74) is 1.11. The summed E-state index contributed by atoms with van der Waals surface area (Å²) in [5.74, 6) is 0.499. The van der Waals surface area contributed by atoms with Crippen molar-refractivity contribution in [1.82, 2.24) is 5.32 Å². The van der Waals surface area contributed by atoms with Crippen molar-refractivity contribution in [2.45, 2.75) is 13.3 Å². The zero-order valence-corrected chi connectivity index (χ0v) is 11.5. The number of ether oxygens (including phenoxy) is 1. The summed E-state index contributed by atoms with van der Waals surface area (Å²) >= 11 is 4.90. The highest BCUT2D eigenvalue weighted by Gasteiger charge is 2.17. The highest BCUT2D eigenvalue weighted by Crippen LogP contribution is 2.27. The van der Waals surface area contributed by atoms with Crippen LogP contribution in [0.3, 0.4) is 0 Å². The molecule has 0 spiro atoms. The highest BCUT2D eigenvalue weighted by atomic mass is 79.9. The second-order valence-corrected chi connectivity index (χ2v) is 6.38. The predicted octanol–water partition coefficient (Wildman–Crippen LogP) is 2.59. The molecule has 2 rings (SSSR count). The molecule has 1 fully saturated rings. The SMILES string of the molecule is Cc1cc(C(=O)NCC2CCOC2)sc1Br. The van der Waals surface area contributed by atoms with Crippen molar-refractivity contribution in [3.05, 3.63) is 20.3 Å². The number of hydrogen-bond donors (Lipinski definition) is 1. The minimum Gasteiger partial charge on any atom is -0.381 e. The van der Waals surface area contributed by atoms with Crippen molar-refractivity contribution in [3.8, 4) is 0 Å². The van der Waals surface area contributed by atoms with E-state index >= 15 is 0 Å². The van der Waals surface area contributed by atoms with Crippen molar-refractivity contribution >= 4 is 33.2 Å². The van der Waals surface area contributed by atoms with Gasteiger partial charge in [0.25, 0.3) is 5.91 Å². The zero-order chi connectivity index (χ0) is 11.5. The van der Waals surface area contributed by atoms with Crippen LogP contribution in [-0.4, -0.2) is 25.7 Å². The van der Waals surface area contributed by atoms with Crippen LogP contribution in [0.2, 0.25) is 0 Å². The molecule has 88 valence electrons. The molecule has 1 atom stereocenters. The molecule has 1 N–H and O–H groups in total. The summed E-state index contributed by atoms with van der Waals surface area (Å²) in [4.78, 5) is 12.6. The molecule has 1 aliphatic rings. The van der Waals surface area contributed by atoms with Gasteiger partial charge in [-0.05, 0) is 40.9 Å². The Morgan fingerprint density at radius 1 is 1.75 bits per heavy atom. The second-order valence-electron chi connectivity index (χ2n) is 4.01. The van der Waals surface area contributed by atoms with E-state index in [9.17, 15) is 4.79 Å². The summed E-state index contributed by atoms with van der Waals surface area (Å²) in [5, 5.41) is 2.95. The molecule has 2 heterocycles. The third-order valence-electron chi connectivity index (χ3n) is 2.66. The molecule has 1 aliphatic heterocycles. The van der Waals surface area contributed by atoms with Crippen LogP contribution in [0.15, 0.2) is 9.85 Å². The Balaban J connectivity index is 1.87. The molecule has 0 aliphatic carbocycles. The van der Waals surface area contributed by atoms with Crippen molar-refractivity contribution in [3.63, 3.8) is 0 Å². The van der Waals surface area contributed by atoms with E-state index in [1.807, 2.05) is 13.0 Å². The van der Waals surface area contributed by atoms with Crippen LogP contribution in [0.4, 0.5) is 0 Å². The van der Waals surface area contributed by atoms with Gasteiger partial charge in [0.1, 0.15) is 0 Å². The van der Waals surface area contributed by atoms with Crippen LogP contribution in [0.25, 0.3) is 0 Å². The van der Waals surface area contributed by atoms with Gasteiger partial charge in [-0.1, -0.05) is 0 Å². The number of thiophene rings is 1. The lowest BCUT2D eigenvalue weighted by Crippen LogP contribution is -2.28. The van der Waals surface area contributed by atoms with Crippen LogP contribution in [-0.2, 0) is 4.74 Å². The second kappa shape index (κ2) is 5.29. The molecule has 1 amide bonds. The maximum Gasteiger partial charge on any atom is 0.261 e. The van der Waals surface area contributed by atoms with Crippen molar-refractivity contribution in [1.29, 1.82) is 0 Å². The number of halogens is 1. The third kappa shape index (κ3) is 2.84. The van der Waals surface area contributed by atoms with Gasteiger partial charge >= 0.3 is 0 Å². The van der Waals surface area contributed by atoms with Crippen molar-refractivity contribution in [2.24, 2.45) is 5.92 Å². The Labute approximate surface area is 107 Å². The first-order valence-corrected chi connectivity index (χ1v) is 6.89. The topological polar surface area (TPSA) is 38.3 Å². The highest BCUT2D eigenvalue weighted by molar-refractivity contribution is 9.11. The summed E-state index contributed by atoms with van der Waals surface area (Å²) in [6.45, 7) is 4.30. The number of aryl methyl sites for hydroxylation is 1. The molecular weight excluding hydrogens is 290 g/mol. The lowest BCUT2D eigenvalue weighted by Gasteiger charge is -2.07. The molecule has 0 radical (unpaired) electrons. The van der Waals surface area contributed by atoms with E-state index in [2.05, 4.69) is 21.2 Å². The number of amides is 1. The number of carbonyl (C=O) groups is 1. The van der Waals surface area contributed by atoms with Gasteiger partial charge in [-0.2, -0.15) is 0 Å². The van der Waals surface area contributed by atoms with Crippen molar-refractivity contribution in [2.75, 3.05) is 19.8 Å². The quantitative estimate of drug-likeness (QED) is 0.932. The normalized spacial score (nSPS) is 20.0. The Morgan fingerprint density at radius 3 is 3.12 bits per heavy atom. The molecular formula is C11H14BrNO2S. The molecule has 0 aromatic carbocycles. The zero-order valence-electron chi connectivity index (χ0n) is 9.09. The van der Waals surface area contributed by atoms with Gasteiger partial charge in [-0.15, -0.1) is 11.3 Å². The first-order chi connectivity index (χ1) is 7.66. The van der Waals surface area contributed by atoms with E-state index in [-0.39, 0.29) is 5.91 Å². The molecule has 1 aromatic rings. The smallest absolute Gasteiger partial charge is 0.261 e. The standard InChI is InChI=1S/C11H14BrNO2S/c1-7-4-9(16-10(7)12)11(14)13-5-8-2-3-15-6-8/h4,8H,2-3,5-6H2,1H3,(H,13,14). The van der Waals surface area contributed by atoms with E-state index in [0.29, 0.717) is 12.5 Å². The average Bonchev–Trinajstić information content (AvgIpc) is 2.86. The van der Waals surface area contributed by atoms with E-state index in [4.69, 9.17) is 4.74 Å². The number of nitrogens with one attached hydrogen (secondary N) is 1. The van der Waals surface area contributed by atoms with Crippen LogP contribution in [0, 0.1) is 12.8 Å². The van der Waals surface area contributed by atoms with Gasteiger partial charge in [0.2, 0.25) is 0 Å². The largest absolute Gasteiger partial charge is 0.381 e. The van der Waals surface area contributed by atoms with Crippen LogP contribution in [0.5, 0.6) is 0 Å². The minimum atomic E-state index is 0.0192. The number of carbonyl (C=O) groups excluding carboxylic acids is 1. The molecule has 0 bridgehead atoms. The van der Waals surface area contributed by atoms with Gasteiger partial charge in [0.15, 0.2) is 0 Å². The summed E-state index contributed by atoms with van der Waals surface area (Å²) in [7, 11) is 0. The molecule has 5 heteroatoms. The fourth-order valence-corrected chi connectivity index (χ4v) is 3.09. The lowest BCUT2D eigenvalue weighted by molar-refractivity contribution is 0.0949. The minimum absolute atomic E-state index is 0.0192. The Hall–Kier alpha value is -0.390. The Morgan fingerprint density at radius 2 is 2.56 bits per heavy atom.